The Bertz CT molecular complexity index is 1420. The Morgan fingerprint density at radius 2 is 1.91 bits per heavy atom. The summed E-state index contributed by atoms with van der Waals surface area (Å²) in [6.45, 7) is 1.96. The SMILES string of the molecule is Cc1cccnc1-c1csc(NC(=O)c2ccnn2-c2ccc(S(=O)(=O)NC3CC3)cc2)n1. The van der Waals surface area contributed by atoms with Gasteiger partial charge in [0.05, 0.1) is 22.5 Å². The van der Waals surface area contributed by atoms with Gasteiger partial charge in [0.2, 0.25) is 10.0 Å². The van der Waals surface area contributed by atoms with Gasteiger partial charge in [0, 0.05) is 17.6 Å². The molecule has 168 valence electrons. The summed E-state index contributed by atoms with van der Waals surface area (Å²) in [5.41, 5.74) is 3.33. The zero-order valence-electron chi connectivity index (χ0n) is 17.6. The molecule has 1 saturated carbocycles. The number of nitrogens with zero attached hydrogens (tertiary/aromatic N) is 4. The number of pyridine rings is 1. The molecule has 0 unspecified atom stereocenters. The molecule has 3 heterocycles. The molecular formula is C22H20N6O3S2. The number of nitrogens with one attached hydrogen (secondary N) is 2. The van der Waals surface area contributed by atoms with E-state index in [0.717, 1.165) is 24.1 Å². The zero-order chi connectivity index (χ0) is 23.0. The standard InChI is InChI=1S/C22H20N6O3S2/c1-14-3-2-11-23-20(14)18-13-32-22(25-18)26-21(29)19-10-12-24-28(19)16-6-8-17(9-7-16)33(30,31)27-15-4-5-15/h2-3,6-13,15,27H,4-5H2,1H3,(H,25,26,29). The van der Waals surface area contributed by atoms with Crippen molar-refractivity contribution in [2.45, 2.75) is 30.7 Å². The van der Waals surface area contributed by atoms with Crippen LogP contribution in [0.3, 0.4) is 0 Å². The van der Waals surface area contributed by atoms with E-state index in [1.54, 1.807) is 24.4 Å². The van der Waals surface area contributed by atoms with E-state index >= 15 is 0 Å². The number of hydrogen-bond acceptors (Lipinski definition) is 7. The maximum Gasteiger partial charge on any atom is 0.276 e. The zero-order valence-corrected chi connectivity index (χ0v) is 19.2. The van der Waals surface area contributed by atoms with Crippen LogP contribution in [0.5, 0.6) is 0 Å². The lowest BCUT2D eigenvalue weighted by molar-refractivity contribution is 0.101. The largest absolute Gasteiger partial charge is 0.296 e. The van der Waals surface area contributed by atoms with Gasteiger partial charge in [-0.3, -0.25) is 15.1 Å². The average molecular weight is 481 g/mol. The molecule has 1 aromatic carbocycles. The lowest BCUT2D eigenvalue weighted by atomic mass is 10.2. The first-order valence-corrected chi connectivity index (χ1v) is 12.6. The predicted octanol–water partition coefficient (Wildman–Crippen LogP) is 3.39. The first kappa shape index (κ1) is 21.4. The first-order valence-electron chi connectivity index (χ1n) is 10.3. The molecule has 3 aromatic heterocycles. The van der Waals surface area contributed by atoms with E-state index in [1.807, 2.05) is 24.4 Å². The normalized spacial score (nSPS) is 13.7. The summed E-state index contributed by atoms with van der Waals surface area (Å²) in [6, 6.07) is 11.7. The number of thiazole rings is 1. The van der Waals surface area contributed by atoms with Crippen LogP contribution in [0, 0.1) is 6.92 Å². The van der Waals surface area contributed by atoms with E-state index in [0.29, 0.717) is 22.2 Å². The molecule has 33 heavy (non-hydrogen) atoms. The third-order valence-electron chi connectivity index (χ3n) is 5.14. The average Bonchev–Trinajstić information content (AvgIpc) is 3.27. The number of aromatic nitrogens is 4. The topological polar surface area (TPSA) is 119 Å². The Labute approximate surface area is 194 Å². The molecule has 5 rings (SSSR count). The fourth-order valence-electron chi connectivity index (χ4n) is 3.29. The second-order valence-electron chi connectivity index (χ2n) is 7.68. The van der Waals surface area contributed by atoms with Crippen molar-refractivity contribution in [1.82, 2.24) is 24.5 Å². The van der Waals surface area contributed by atoms with Crippen molar-refractivity contribution in [2.24, 2.45) is 0 Å². The fraction of sp³-hybridized carbons (Fsp3) is 0.182. The van der Waals surface area contributed by atoms with E-state index in [9.17, 15) is 13.2 Å². The second kappa shape index (κ2) is 8.50. The first-order chi connectivity index (χ1) is 15.9. The molecule has 0 bridgehead atoms. The van der Waals surface area contributed by atoms with Gasteiger partial charge in [-0.1, -0.05) is 6.07 Å². The minimum absolute atomic E-state index is 0.0315. The van der Waals surface area contributed by atoms with Crippen LogP contribution in [0.15, 0.2) is 65.1 Å². The highest BCUT2D eigenvalue weighted by Gasteiger charge is 2.28. The van der Waals surface area contributed by atoms with Gasteiger partial charge in [-0.05, 0) is 61.7 Å². The molecule has 1 fully saturated rings. The summed E-state index contributed by atoms with van der Waals surface area (Å²) in [6.07, 6.45) is 4.95. The van der Waals surface area contributed by atoms with Gasteiger partial charge in [-0.2, -0.15) is 5.10 Å². The number of carbonyl (C=O) groups excluding carboxylic acids is 1. The molecule has 1 amide bonds. The van der Waals surface area contributed by atoms with Crippen molar-refractivity contribution in [3.63, 3.8) is 0 Å². The van der Waals surface area contributed by atoms with Crippen molar-refractivity contribution in [3.05, 3.63) is 71.5 Å². The van der Waals surface area contributed by atoms with Gasteiger partial charge in [0.15, 0.2) is 5.13 Å². The Morgan fingerprint density at radius 1 is 1.12 bits per heavy atom. The summed E-state index contributed by atoms with van der Waals surface area (Å²) in [7, 11) is -3.54. The Morgan fingerprint density at radius 3 is 2.64 bits per heavy atom. The molecule has 2 N–H and O–H groups in total. The highest BCUT2D eigenvalue weighted by atomic mass is 32.2. The van der Waals surface area contributed by atoms with Crippen molar-refractivity contribution in [1.29, 1.82) is 0 Å². The van der Waals surface area contributed by atoms with E-state index in [1.165, 1.54) is 34.3 Å². The van der Waals surface area contributed by atoms with Crippen molar-refractivity contribution in [2.75, 3.05) is 5.32 Å². The predicted molar refractivity (Wildman–Crippen MR) is 125 cm³/mol. The molecule has 9 nitrogen and oxygen atoms in total. The maximum atomic E-state index is 12.9. The number of sulfonamides is 1. The lowest BCUT2D eigenvalue weighted by Gasteiger charge is -2.09. The monoisotopic (exact) mass is 480 g/mol. The van der Waals surface area contributed by atoms with Crippen LogP contribution in [0.1, 0.15) is 28.9 Å². The van der Waals surface area contributed by atoms with Crippen LogP contribution < -0.4 is 10.0 Å². The number of benzene rings is 1. The van der Waals surface area contributed by atoms with Gasteiger partial charge in [0.1, 0.15) is 11.4 Å². The van der Waals surface area contributed by atoms with Crippen LogP contribution in [-0.4, -0.2) is 40.1 Å². The van der Waals surface area contributed by atoms with Crippen molar-refractivity contribution in [3.8, 4) is 17.1 Å². The lowest BCUT2D eigenvalue weighted by Crippen LogP contribution is -2.25. The number of anilines is 1. The highest BCUT2D eigenvalue weighted by Crippen LogP contribution is 2.26. The van der Waals surface area contributed by atoms with Gasteiger partial charge in [0.25, 0.3) is 5.91 Å². The molecule has 4 aromatic rings. The number of rotatable bonds is 7. The quantitative estimate of drug-likeness (QED) is 0.419. The molecule has 0 spiro atoms. The van der Waals surface area contributed by atoms with Crippen molar-refractivity contribution < 1.29 is 13.2 Å². The highest BCUT2D eigenvalue weighted by molar-refractivity contribution is 7.89. The number of carbonyl (C=O) groups is 1. The number of amides is 1. The van der Waals surface area contributed by atoms with Crippen LogP contribution in [0.2, 0.25) is 0 Å². The van der Waals surface area contributed by atoms with Gasteiger partial charge in [-0.25, -0.2) is 22.8 Å². The summed E-state index contributed by atoms with van der Waals surface area (Å²) in [5.74, 6) is -0.377. The fourth-order valence-corrected chi connectivity index (χ4v) is 5.29. The van der Waals surface area contributed by atoms with Crippen molar-refractivity contribution >= 4 is 32.4 Å². The molecule has 1 aliphatic carbocycles. The smallest absolute Gasteiger partial charge is 0.276 e. The van der Waals surface area contributed by atoms with E-state index in [-0.39, 0.29) is 16.8 Å². The van der Waals surface area contributed by atoms with Crippen LogP contribution in [0.4, 0.5) is 5.13 Å². The van der Waals surface area contributed by atoms with Crippen LogP contribution in [0.25, 0.3) is 17.1 Å². The molecule has 11 heteroatoms. The van der Waals surface area contributed by atoms with Gasteiger partial charge >= 0.3 is 0 Å². The third kappa shape index (κ3) is 4.56. The maximum absolute atomic E-state index is 12.9. The van der Waals surface area contributed by atoms with Gasteiger partial charge in [-0.15, -0.1) is 11.3 Å². The summed E-state index contributed by atoms with van der Waals surface area (Å²) in [4.78, 5) is 21.9. The van der Waals surface area contributed by atoms with Gasteiger partial charge < -0.3 is 0 Å². The van der Waals surface area contributed by atoms with Crippen LogP contribution in [-0.2, 0) is 10.0 Å². The molecule has 0 radical (unpaired) electrons. The number of aryl methyl sites for hydroxylation is 1. The molecule has 1 aliphatic rings. The van der Waals surface area contributed by atoms with E-state index < -0.39 is 10.0 Å². The minimum Gasteiger partial charge on any atom is -0.296 e. The summed E-state index contributed by atoms with van der Waals surface area (Å²) < 4.78 is 28.9. The summed E-state index contributed by atoms with van der Waals surface area (Å²) >= 11 is 1.31. The van der Waals surface area contributed by atoms with E-state index in [2.05, 4.69) is 25.1 Å². The Hall–Kier alpha value is -3.41. The second-order valence-corrected chi connectivity index (χ2v) is 10.3. The molecule has 0 aliphatic heterocycles. The number of hydrogen-bond donors (Lipinski definition) is 2. The van der Waals surface area contributed by atoms with E-state index in [4.69, 9.17) is 0 Å². The molecule has 0 saturated heterocycles. The minimum atomic E-state index is -3.54. The third-order valence-corrected chi connectivity index (χ3v) is 7.44. The summed E-state index contributed by atoms with van der Waals surface area (Å²) in [5, 5.41) is 9.32. The Kier molecular flexibility index (Phi) is 5.52. The molecule has 0 atom stereocenters. The Balaban J connectivity index is 1.34. The molecular weight excluding hydrogens is 460 g/mol. The van der Waals surface area contributed by atoms with Crippen LogP contribution >= 0.6 is 11.3 Å².